The molecule has 0 radical (unpaired) electrons. The highest BCUT2D eigenvalue weighted by atomic mass is 79.9. The second-order valence-corrected chi connectivity index (χ2v) is 7.67. The number of halogens is 1. The first-order valence-electron chi connectivity index (χ1n) is 6.94. The van der Waals surface area contributed by atoms with Crippen LogP contribution in [0.3, 0.4) is 0 Å². The highest BCUT2D eigenvalue weighted by molar-refractivity contribution is 9.11. The lowest BCUT2D eigenvalue weighted by Crippen LogP contribution is -2.54. The van der Waals surface area contributed by atoms with Gasteiger partial charge in [0.2, 0.25) is 5.91 Å². The first-order valence-corrected chi connectivity index (χ1v) is 8.55. The van der Waals surface area contributed by atoms with Crippen LogP contribution in [0.25, 0.3) is 0 Å². The summed E-state index contributed by atoms with van der Waals surface area (Å²) in [5.74, 6) is 0.0530. The van der Waals surface area contributed by atoms with Gasteiger partial charge in [0.15, 0.2) is 0 Å². The van der Waals surface area contributed by atoms with Crippen molar-refractivity contribution < 1.29 is 4.79 Å². The quantitative estimate of drug-likeness (QED) is 0.868. The zero-order chi connectivity index (χ0) is 14.7. The van der Waals surface area contributed by atoms with E-state index in [1.807, 2.05) is 29.1 Å². The first kappa shape index (κ1) is 14.7. The molecule has 2 aromatic rings. The number of amides is 1. The van der Waals surface area contributed by atoms with Crippen molar-refractivity contribution in [2.75, 3.05) is 13.1 Å². The molecule has 2 N–H and O–H groups in total. The predicted molar refractivity (Wildman–Crippen MR) is 86.2 cm³/mol. The van der Waals surface area contributed by atoms with E-state index in [9.17, 15) is 4.79 Å². The molecule has 1 amide bonds. The molecule has 0 spiro atoms. The Morgan fingerprint density at radius 3 is 2.90 bits per heavy atom. The molecule has 5 nitrogen and oxygen atoms in total. The Kier molecular flexibility index (Phi) is 4.42. The molecule has 3 heterocycles. The minimum atomic E-state index is -0.566. The normalized spacial score (nSPS) is 17.6. The van der Waals surface area contributed by atoms with E-state index in [1.165, 1.54) is 0 Å². The van der Waals surface area contributed by atoms with E-state index >= 15 is 0 Å². The van der Waals surface area contributed by atoms with Crippen molar-refractivity contribution in [3.63, 3.8) is 0 Å². The second-order valence-electron chi connectivity index (χ2n) is 5.12. The monoisotopic (exact) mass is 368 g/mol. The number of nitrogens with one attached hydrogen (secondary N) is 2. The summed E-state index contributed by atoms with van der Waals surface area (Å²) in [4.78, 5) is 13.9. The van der Waals surface area contributed by atoms with Crippen LogP contribution >= 0.6 is 27.3 Å². The summed E-state index contributed by atoms with van der Waals surface area (Å²) in [6.07, 6.45) is 5.13. The molecule has 0 aliphatic carbocycles. The maximum Gasteiger partial charge on any atom is 0.248 e. The average molecular weight is 369 g/mol. The number of aromatic nitrogens is 2. The third kappa shape index (κ3) is 3.04. The lowest BCUT2D eigenvalue weighted by atomic mass is 9.87. The molecule has 0 atom stereocenters. The summed E-state index contributed by atoms with van der Waals surface area (Å²) in [6, 6.07) is 5.89. The van der Waals surface area contributed by atoms with E-state index in [-0.39, 0.29) is 5.91 Å². The van der Waals surface area contributed by atoms with Crippen LogP contribution in [0.5, 0.6) is 0 Å². The summed E-state index contributed by atoms with van der Waals surface area (Å²) >= 11 is 5.08. The average Bonchev–Trinajstić information content (AvgIpc) is 3.17. The van der Waals surface area contributed by atoms with E-state index in [1.54, 1.807) is 17.5 Å². The van der Waals surface area contributed by atoms with Crippen molar-refractivity contribution >= 4 is 33.2 Å². The highest BCUT2D eigenvalue weighted by Gasteiger charge is 2.41. The van der Waals surface area contributed by atoms with Crippen molar-refractivity contribution in [2.24, 2.45) is 0 Å². The molecule has 0 unspecified atom stereocenters. The Morgan fingerprint density at radius 1 is 1.48 bits per heavy atom. The van der Waals surface area contributed by atoms with Crippen LogP contribution in [-0.4, -0.2) is 28.8 Å². The van der Waals surface area contributed by atoms with Crippen molar-refractivity contribution in [3.8, 4) is 0 Å². The molecule has 112 valence electrons. The molecule has 0 bridgehead atoms. The van der Waals surface area contributed by atoms with Gasteiger partial charge >= 0.3 is 0 Å². The van der Waals surface area contributed by atoms with E-state index in [4.69, 9.17) is 0 Å². The zero-order valence-corrected chi connectivity index (χ0v) is 13.9. The number of piperidine rings is 1. The van der Waals surface area contributed by atoms with Gasteiger partial charge in [-0.3, -0.25) is 9.48 Å². The summed E-state index contributed by atoms with van der Waals surface area (Å²) in [7, 11) is 0. The Bertz CT molecular complexity index is 604. The van der Waals surface area contributed by atoms with Crippen molar-refractivity contribution in [2.45, 2.75) is 24.9 Å². The summed E-state index contributed by atoms with van der Waals surface area (Å²) in [5, 5.41) is 10.7. The van der Waals surface area contributed by atoms with Gasteiger partial charge in [-0.1, -0.05) is 0 Å². The second kappa shape index (κ2) is 6.29. The molecule has 1 aliphatic rings. The number of thiophene rings is 1. The van der Waals surface area contributed by atoms with Crippen LogP contribution in [-0.2, 0) is 16.9 Å². The van der Waals surface area contributed by atoms with Crippen LogP contribution < -0.4 is 10.6 Å². The molecule has 3 rings (SSSR count). The topological polar surface area (TPSA) is 59.0 Å². The van der Waals surface area contributed by atoms with Gasteiger partial charge in [0.1, 0.15) is 5.54 Å². The van der Waals surface area contributed by atoms with Gasteiger partial charge in [0.25, 0.3) is 0 Å². The van der Waals surface area contributed by atoms with Crippen LogP contribution in [0.15, 0.2) is 34.4 Å². The number of nitrogens with zero attached hydrogens (tertiary/aromatic N) is 2. The molecular weight excluding hydrogens is 352 g/mol. The summed E-state index contributed by atoms with van der Waals surface area (Å²) in [5.41, 5.74) is -0.566. The Morgan fingerprint density at radius 2 is 2.29 bits per heavy atom. The Labute approximate surface area is 135 Å². The maximum atomic E-state index is 12.8. The smallest absolute Gasteiger partial charge is 0.248 e. The van der Waals surface area contributed by atoms with E-state index in [0.717, 1.165) is 34.6 Å². The lowest BCUT2D eigenvalue weighted by Gasteiger charge is -2.36. The number of rotatable bonds is 4. The Balaban J connectivity index is 1.75. The SMILES string of the molecule is O=C(NCc1ccc(Br)s1)C1(n2cccn2)CCNCC1. The molecule has 0 aromatic carbocycles. The fraction of sp³-hybridized carbons (Fsp3) is 0.429. The molecule has 1 saturated heterocycles. The summed E-state index contributed by atoms with van der Waals surface area (Å²) in [6.45, 7) is 2.22. The predicted octanol–water partition coefficient (Wildman–Crippen LogP) is 2.10. The molecule has 0 saturated carbocycles. The Hall–Kier alpha value is -1.18. The molecule has 1 fully saturated rings. The number of carbonyl (C=O) groups excluding carboxylic acids is 1. The van der Waals surface area contributed by atoms with Crippen LogP contribution in [0, 0.1) is 0 Å². The standard InChI is InChI=1S/C14H17BrN4OS/c15-12-3-2-11(21-12)10-17-13(20)14(4-7-16-8-5-14)19-9-1-6-18-19/h1-3,6,9,16H,4-5,7-8,10H2,(H,17,20). The molecule has 2 aromatic heterocycles. The van der Waals surface area contributed by atoms with E-state index in [2.05, 4.69) is 31.7 Å². The fourth-order valence-corrected chi connectivity index (χ4v) is 4.12. The van der Waals surface area contributed by atoms with Gasteiger partial charge in [-0.15, -0.1) is 11.3 Å². The third-order valence-electron chi connectivity index (χ3n) is 3.85. The zero-order valence-electron chi connectivity index (χ0n) is 11.5. The van der Waals surface area contributed by atoms with Gasteiger partial charge in [-0.05, 0) is 60.1 Å². The maximum absolute atomic E-state index is 12.8. The number of hydrogen-bond donors (Lipinski definition) is 2. The van der Waals surface area contributed by atoms with Crippen molar-refractivity contribution in [3.05, 3.63) is 39.3 Å². The van der Waals surface area contributed by atoms with Crippen molar-refractivity contribution in [1.82, 2.24) is 20.4 Å². The lowest BCUT2D eigenvalue weighted by molar-refractivity contribution is -0.132. The minimum absolute atomic E-state index is 0.0530. The summed E-state index contributed by atoms with van der Waals surface area (Å²) < 4.78 is 2.89. The van der Waals surface area contributed by atoms with Gasteiger partial charge in [-0.25, -0.2) is 0 Å². The molecular formula is C14H17BrN4OS. The third-order valence-corrected chi connectivity index (χ3v) is 5.47. The molecule has 1 aliphatic heterocycles. The first-order chi connectivity index (χ1) is 10.2. The number of hydrogen-bond acceptors (Lipinski definition) is 4. The van der Waals surface area contributed by atoms with Gasteiger partial charge < -0.3 is 10.6 Å². The van der Waals surface area contributed by atoms with E-state index in [0.29, 0.717) is 6.54 Å². The largest absolute Gasteiger partial charge is 0.349 e. The number of carbonyl (C=O) groups is 1. The fourth-order valence-electron chi connectivity index (χ4n) is 2.70. The van der Waals surface area contributed by atoms with Gasteiger partial charge in [0, 0.05) is 17.3 Å². The highest BCUT2D eigenvalue weighted by Crippen LogP contribution is 2.28. The van der Waals surface area contributed by atoms with Crippen LogP contribution in [0.4, 0.5) is 0 Å². The van der Waals surface area contributed by atoms with Crippen LogP contribution in [0.2, 0.25) is 0 Å². The van der Waals surface area contributed by atoms with Crippen molar-refractivity contribution in [1.29, 1.82) is 0 Å². The van der Waals surface area contributed by atoms with Gasteiger partial charge in [-0.2, -0.15) is 5.10 Å². The molecule has 7 heteroatoms. The molecule has 21 heavy (non-hydrogen) atoms. The minimum Gasteiger partial charge on any atom is -0.349 e. The van der Waals surface area contributed by atoms with Gasteiger partial charge in [0.05, 0.1) is 10.3 Å². The van der Waals surface area contributed by atoms with E-state index < -0.39 is 5.54 Å². The van der Waals surface area contributed by atoms with Crippen LogP contribution in [0.1, 0.15) is 17.7 Å².